The maximum absolute atomic E-state index is 13.7. The summed E-state index contributed by atoms with van der Waals surface area (Å²) in [5, 5.41) is 10.6. The van der Waals surface area contributed by atoms with Crippen molar-refractivity contribution in [3.8, 4) is 0 Å². The van der Waals surface area contributed by atoms with Crippen LogP contribution in [-0.4, -0.2) is 30.2 Å². The number of ether oxygens (including phenoxy) is 1. The maximum Gasteiger partial charge on any atom is 0.404 e. The zero-order valence-corrected chi connectivity index (χ0v) is 10.9. The minimum absolute atomic E-state index is 0.0628. The molecular formula is C13H17FN2O3. The highest BCUT2D eigenvalue weighted by atomic mass is 19.1. The van der Waals surface area contributed by atoms with Gasteiger partial charge >= 0.3 is 6.09 Å². The van der Waals surface area contributed by atoms with Gasteiger partial charge in [-0.1, -0.05) is 12.1 Å². The first-order valence-electron chi connectivity index (χ1n) is 5.63. The summed E-state index contributed by atoms with van der Waals surface area (Å²) in [6.45, 7) is 3.84. The zero-order chi connectivity index (χ0) is 14.4. The molecule has 0 aliphatic rings. The third kappa shape index (κ3) is 4.87. The first-order valence-corrected chi connectivity index (χ1v) is 5.63. The summed E-state index contributed by atoms with van der Waals surface area (Å²) >= 11 is 0. The van der Waals surface area contributed by atoms with Crippen molar-refractivity contribution in [3.05, 3.63) is 47.6 Å². The van der Waals surface area contributed by atoms with Gasteiger partial charge in [0.1, 0.15) is 12.4 Å². The Balaban J connectivity index is 2.61. The maximum atomic E-state index is 13.7. The minimum Gasteiger partial charge on any atom is -0.475 e. The molecule has 2 N–H and O–H groups in total. The predicted molar refractivity (Wildman–Crippen MR) is 68.9 cm³/mol. The summed E-state index contributed by atoms with van der Waals surface area (Å²) in [5.41, 5.74) is 0.942. The van der Waals surface area contributed by atoms with Gasteiger partial charge < -0.3 is 20.1 Å². The van der Waals surface area contributed by atoms with E-state index in [-0.39, 0.29) is 18.7 Å². The largest absolute Gasteiger partial charge is 0.475 e. The molecule has 1 aromatic rings. The van der Waals surface area contributed by atoms with Crippen LogP contribution in [0.4, 0.5) is 9.18 Å². The fourth-order valence-electron chi connectivity index (χ4n) is 1.29. The molecule has 0 aliphatic carbocycles. The zero-order valence-electron chi connectivity index (χ0n) is 10.9. The summed E-state index contributed by atoms with van der Waals surface area (Å²) in [6.07, 6.45) is -1.19. The molecule has 104 valence electrons. The Labute approximate surface area is 111 Å². The van der Waals surface area contributed by atoms with Crippen molar-refractivity contribution in [1.29, 1.82) is 0 Å². The Morgan fingerprint density at radius 2 is 2.21 bits per heavy atom. The van der Waals surface area contributed by atoms with Crippen LogP contribution in [0.2, 0.25) is 0 Å². The van der Waals surface area contributed by atoms with Crippen LogP contribution in [0.1, 0.15) is 11.1 Å². The number of benzene rings is 1. The average molecular weight is 268 g/mol. The van der Waals surface area contributed by atoms with E-state index in [1.807, 2.05) is 0 Å². The number of halogens is 1. The Kier molecular flexibility index (Phi) is 5.17. The molecule has 0 unspecified atom stereocenters. The van der Waals surface area contributed by atoms with Crippen LogP contribution in [0, 0.1) is 5.82 Å². The van der Waals surface area contributed by atoms with Gasteiger partial charge in [-0.2, -0.15) is 0 Å². The number of nitrogens with zero attached hydrogens (tertiary/aromatic N) is 1. The third-order valence-electron chi connectivity index (χ3n) is 2.45. The number of amides is 1. The topological polar surface area (TPSA) is 61.8 Å². The quantitative estimate of drug-likeness (QED) is 0.776. The molecule has 0 spiro atoms. The second-order valence-electron chi connectivity index (χ2n) is 4.16. The average Bonchev–Trinajstić information content (AvgIpc) is 2.34. The van der Waals surface area contributed by atoms with E-state index in [0.29, 0.717) is 11.4 Å². The van der Waals surface area contributed by atoms with E-state index in [2.05, 4.69) is 11.9 Å². The van der Waals surface area contributed by atoms with E-state index >= 15 is 0 Å². The van der Waals surface area contributed by atoms with Crippen LogP contribution in [0.25, 0.3) is 0 Å². The van der Waals surface area contributed by atoms with E-state index in [4.69, 9.17) is 9.84 Å². The lowest BCUT2D eigenvalue weighted by Crippen LogP contribution is -2.20. The monoisotopic (exact) mass is 268 g/mol. The number of hydrogen-bond acceptors (Lipinski definition) is 3. The molecule has 6 heteroatoms. The number of hydrogen-bond donors (Lipinski definition) is 2. The van der Waals surface area contributed by atoms with Crippen molar-refractivity contribution in [2.24, 2.45) is 0 Å². The molecule has 1 rings (SSSR count). The minimum atomic E-state index is -1.19. The first kappa shape index (κ1) is 14.8. The van der Waals surface area contributed by atoms with Crippen molar-refractivity contribution in [3.63, 3.8) is 0 Å². The molecule has 5 nitrogen and oxygen atoms in total. The molecule has 0 atom stereocenters. The Morgan fingerprint density at radius 3 is 2.74 bits per heavy atom. The van der Waals surface area contributed by atoms with E-state index in [1.165, 1.54) is 12.1 Å². The molecular weight excluding hydrogens is 251 g/mol. The molecule has 19 heavy (non-hydrogen) atoms. The molecule has 0 radical (unpaired) electrons. The lowest BCUT2D eigenvalue weighted by molar-refractivity contribution is 0.131. The SMILES string of the molecule is C=C(OCc1ccc(CNC(=O)O)c(F)c1)N(C)C. The lowest BCUT2D eigenvalue weighted by atomic mass is 10.1. The van der Waals surface area contributed by atoms with E-state index in [1.54, 1.807) is 25.1 Å². The Morgan fingerprint density at radius 1 is 1.53 bits per heavy atom. The van der Waals surface area contributed by atoms with Gasteiger partial charge in [-0.15, -0.1) is 0 Å². The summed E-state index contributed by atoms with van der Waals surface area (Å²) in [6, 6.07) is 4.54. The smallest absolute Gasteiger partial charge is 0.404 e. The van der Waals surface area contributed by atoms with Gasteiger partial charge in [0.2, 0.25) is 0 Å². The molecule has 0 bridgehead atoms. The Hall–Kier alpha value is -2.24. The highest BCUT2D eigenvalue weighted by Crippen LogP contribution is 2.13. The highest BCUT2D eigenvalue weighted by molar-refractivity contribution is 5.64. The summed E-state index contributed by atoms with van der Waals surface area (Å²) < 4.78 is 19.0. The summed E-state index contributed by atoms with van der Waals surface area (Å²) in [5.74, 6) is 0.0161. The van der Waals surface area contributed by atoms with E-state index in [9.17, 15) is 9.18 Å². The van der Waals surface area contributed by atoms with Crippen molar-refractivity contribution < 1.29 is 19.0 Å². The summed E-state index contributed by atoms with van der Waals surface area (Å²) in [7, 11) is 3.59. The second-order valence-corrected chi connectivity index (χ2v) is 4.16. The number of rotatable bonds is 6. The van der Waals surface area contributed by atoms with Crippen molar-refractivity contribution in [2.75, 3.05) is 14.1 Å². The molecule has 0 aromatic heterocycles. The van der Waals surface area contributed by atoms with Crippen LogP contribution < -0.4 is 5.32 Å². The molecule has 1 amide bonds. The number of nitrogens with one attached hydrogen (secondary N) is 1. The van der Waals surface area contributed by atoms with Crippen LogP contribution in [0.5, 0.6) is 0 Å². The fraction of sp³-hybridized carbons (Fsp3) is 0.308. The van der Waals surface area contributed by atoms with Gasteiger partial charge in [-0.3, -0.25) is 0 Å². The normalized spacial score (nSPS) is 9.84. The summed E-state index contributed by atoms with van der Waals surface area (Å²) in [4.78, 5) is 12.0. The standard InChI is InChI=1S/C13H17FN2O3/c1-9(16(2)3)19-8-10-4-5-11(12(14)6-10)7-15-13(17)18/h4-6,15H,1,7-8H2,2-3H3,(H,17,18). The molecule has 0 heterocycles. The van der Waals surface area contributed by atoms with Gasteiger partial charge in [-0.25, -0.2) is 9.18 Å². The predicted octanol–water partition coefficient (Wildman–Crippen LogP) is 2.14. The van der Waals surface area contributed by atoms with Crippen LogP contribution in [0.3, 0.4) is 0 Å². The molecule has 0 saturated heterocycles. The van der Waals surface area contributed by atoms with Crippen LogP contribution in [0.15, 0.2) is 30.7 Å². The highest BCUT2D eigenvalue weighted by Gasteiger charge is 2.06. The Bertz CT molecular complexity index is 475. The van der Waals surface area contributed by atoms with Gasteiger partial charge in [0.25, 0.3) is 0 Å². The fourth-order valence-corrected chi connectivity index (χ4v) is 1.29. The lowest BCUT2D eigenvalue weighted by Gasteiger charge is -2.16. The second kappa shape index (κ2) is 6.63. The first-order chi connectivity index (χ1) is 8.90. The number of carbonyl (C=O) groups is 1. The van der Waals surface area contributed by atoms with E-state index in [0.717, 1.165) is 0 Å². The van der Waals surface area contributed by atoms with Crippen molar-refractivity contribution >= 4 is 6.09 Å². The van der Waals surface area contributed by atoms with Crippen LogP contribution >= 0.6 is 0 Å². The third-order valence-corrected chi connectivity index (χ3v) is 2.45. The van der Waals surface area contributed by atoms with Crippen LogP contribution in [-0.2, 0) is 17.9 Å². The van der Waals surface area contributed by atoms with Crippen molar-refractivity contribution in [2.45, 2.75) is 13.2 Å². The molecule has 0 aliphatic heterocycles. The van der Waals surface area contributed by atoms with Crippen molar-refractivity contribution in [1.82, 2.24) is 10.2 Å². The van der Waals surface area contributed by atoms with Gasteiger partial charge in [-0.05, 0) is 18.2 Å². The molecule has 0 saturated carbocycles. The van der Waals surface area contributed by atoms with Gasteiger partial charge in [0, 0.05) is 26.2 Å². The molecule has 0 fully saturated rings. The number of carboxylic acid groups (broad SMARTS) is 1. The molecule has 1 aromatic carbocycles. The van der Waals surface area contributed by atoms with Gasteiger partial charge in [0.05, 0.1) is 0 Å². The van der Waals surface area contributed by atoms with E-state index < -0.39 is 11.9 Å². The van der Waals surface area contributed by atoms with Gasteiger partial charge in [0.15, 0.2) is 5.88 Å².